The molecule has 2 nitrogen and oxygen atoms in total. The molecule has 0 atom stereocenters. The first-order valence-corrected chi connectivity index (χ1v) is 4.66. The fourth-order valence-corrected chi connectivity index (χ4v) is 3.01. The highest BCUT2D eigenvalue weighted by Gasteiger charge is 2.66. The summed E-state index contributed by atoms with van der Waals surface area (Å²) >= 11 is 10.9. The molecule has 3 aliphatic rings. The third kappa shape index (κ3) is 0.826. The highest BCUT2D eigenvalue weighted by atomic mass is 35.5. The second kappa shape index (κ2) is 2.24. The molecular weight excluding hydrogens is 199 g/mol. The van der Waals surface area contributed by atoms with Crippen molar-refractivity contribution >= 4 is 33.7 Å². The maximum absolute atomic E-state index is 11.0. The molecular formula is C8H8Cl2O2. The Morgan fingerprint density at radius 1 is 0.917 bits per heavy atom. The molecule has 0 saturated heterocycles. The van der Waals surface area contributed by atoms with E-state index in [1.165, 1.54) is 0 Å². The Bertz CT molecular complexity index is 240. The van der Waals surface area contributed by atoms with Gasteiger partial charge in [0.15, 0.2) is 0 Å². The Labute approximate surface area is 80.2 Å². The Kier molecular flexibility index (Phi) is 1.59. The van der Waals surface area contributed by atoms with E-state index in [1.54, 1.807) is 0 Å². The average molecular weight is 207 g/mol. The van der Waals surface area contributed by atoms with Crippen LogP contribution in [0.3, 0.4) is 0 Å². The van der Waals surface area contributed by atoms with Crippen molar-refractivity contribution in [3.05, 3.63) is 0 Å². The topological polar surface area (TPSA) is 34.1 Å². The van der Waals surface area contributed by atoms with Gasteiger partial charge < -0.3 is 0 Å². The lowest BCUT2D eigenvalue weighted by Gasteiger charge is -2.42. The van der Waals surface area contributed by atoms with Crippen molar-refractivity contribution in [2.24, 2.45) is 10.8 Å². The number of hydrogen-bond acceptors (Lipinski definition) is 2. The summed E-state index contributed by atoms with van der Waals surface area (Å²) in [6.45, 7) is 0. The molecule has 0 aliphatic heterocycles. The molecule has 4 heteroatoms. The summed E-state index contributed by atoms with van der Waals surface area (Å²) in [6.07, 6.45) is 2.61. The molecule has 3 aliphatic carbocycles. The maximum Gasteiger partial charge on any atom is 0.227 e. The van der Waals surface area contributed by atoms with Gasteiger partial charge in [0.25, 0.3) is 0 Å². The molecule has 12 heavy (non-hydrogen) atoms. The number of carbonyl (C=O) groups excluding carboxylic acids is 2. The zero-order valence-corrected chi connectivity index (χ0v) is 7.91. The van der Waals surface area contributed by atoms with Gasteiger partial charge in [-0.05, 0) is 48.9 Å². The molecule has 66 valence electrons. The number of halogens is 2. The zero-order chi connectivity index (χ0) is 8.98. The van der Waals surface area contributed by atoms with Gasteiger partial charge in [-0.1, -0.05) is 0 Å². The quantitative estimate of drug-likeness (QED) is 0.649. The van der Waals surface area contributed by atoms with Gasteiger partial charge >= 0.3 is 0 Å². The van der Waals surface area contributed by atoms with Crippen molar-refractivity contribution in [2.45, 2.75) is 25.7 Å². The molecule has 0 radical (unpaired) electrons. The predicted molar refractivity (Wildman–Crippen MR) is 45.1 cm³/mol. The van der Waals surface area contributed by atoms with E-state index in [4.69, 9.17) is 23.2 Å². The van der Waals surface area contributed by atoms with Crippen molar-refractivity contribution in [1.29, 1.82) is 0 Å². The summed E-state index contributed by atoms with van der Waals surface area (Å²) in [5.74, 6) is 0. The average Bonchev–Trinajstić information content (AvgIpc) is 2.37. The van der Waals surface area contributed by atoms with Crippen LogP contribution in [-0.2, 0) is 9.59 Å². The van der Waals surface area contributed by atoms with E-state index in [-0.39, 0.29) is 10.5 Å². The number of hydrogen-bond donors (Lipinski definition) is 0. The van der Waals surface area contributed by atoms with Gasteiger partial charge in [0.1, 0.15) is 0 Å². The van der Waals surface area contributed by atoms with Gasteiger partial charge in [-0.15, -0.1) is 0 Å². The first kappa shape index (κ1) is 8.52. The van der Waals surface area contributed by atoms with Gasteiger partial charge in [-0.25, -0.2) is 0 Å². The van der Waals surface area contributed by atoms with Crippen molar-refractivity contribution in [2.75, 3.05) is 0 Å². The van der Waals surface area contributed by atoms with Crippen LogP contribution in [0.2, 0.25) is 0 Å². The molecule has 0 unspecified atom stereocenters. The van der Waals surface area contributed by atoms with Crippen LogP contribution < -0.4 is 0 Å². The van der Waals surface area contributed by atoms with E-state index in [0.717, 1.165) is 12.8 Å². The molecule has 3 rings (SSSR count). The van der Waals surface area contributed by atoms with Crippen LogP contribution in [-0.4, -0.2) is 10.5 Å². The molecule has 3 saturated carbocycles. The Hall–Kier alpha value is -0.0800. The molecule has 0 amide bonds. The van der Waals surface area contributed by atoms with Crippen molar-refractivity contribution < 1.29 is 9.59 Å². The predicted octanol–water partition coefficient (Wildman–Crippen LogP) is 2.08. The van der Waals surface area contributed by atoms with Gasteiger partial charge in [-0.2, -0.15) is 0 Å². The minimum absolute atomic E-state index is 0.298. The minimum atomic E-state index is -0.397. The van der Waals surface area contributed by atoms with Crippen LogP contribution in [0.15, 0.2) is 0 Å². The van der Waals surface area contributed by atoms with Crippen molar-refractivity contribution in [3.63, 3.8) is 0 Å². The van der Waals surface area contributed by atoms with E-state index in [1.807, 2.05) is 0 Å². The van der Waals surface area contributed by atoms with Crippen LogP contribution in [0, 0.1) is 10.8 Å². The largest absolute Gasteiger partial charge is 0.281 e. The van der Waals surface area contributed by atoms with Crippen LogP contribution in [0.1, 0.15) is 25.7 Å². The van der Waals surface area contributed by atoms with Crippen LogP contribution >= 0.6 is 23.2 Å². The van der Waals surface area contributed by atoms with Gasteiger partial charge in [-0.3, -0.25) is 9.59 Å². The highest BCUT2D eigenvalue weighted by Crippen LogP contribution is 2.68. The maximum atomic E-state index is 11.0. The van der Waals surface area contributed by atoms with Gasteiger partial charge in [0.2, 0.25) is 10.5 Å². The van der Waals surface area contributed by atoms with Crippen LogP contribution in [0.5, 0.6) is 0 Å². The Balaban J connectivity index is 2.20. The smallest absolute Gasteiger partial charge is 0.227 e. The van der Waals surface area contributed by atoms with Gasteiger partial charge in [0.05, 0.1) is 0 Å². The number of rotatable bonds is 2. The summed E-state index contributed by atoms with van der Waals surface area (Å²) in [5, 5.41) is -0.595. The minimum Gasteiger partial charge on any atom is -0.281 e. The monoisotopic (exact) mass is 206 g/mol. The first-order chi connectivity index (χ1) is 5.51. The molecule has 3 fully saturated rings. The summed E-state index contributed by atoms with van der Waals surface area (Å²) in [6, 6.07) is 0. The molecule has 0 aromatic heterocycles. The van der Waals surface area contributed by atoms with E-state index in [0.29, 0.717) is 12.8 Å². The molecule has 0 aromatic carbocycles. The normalized spacial score (nSPS) is 43.8. The van der Waals surface area contributed by atoms with Crippen LogP contribution in [0.4, 0.5) is 0 Å². The summed E-state index contributed by atoms with van der Waals surface area (Å²) in [7, 11) is 0. The second-order valence-electron chi connectivity index (χ2n) is 3.96. The Morgan fingerprint density at radius 3 is 1.42 bits per heavy atom. The molecule has 0 aromatic rings. The molecule has 0 N–H and O–H groups in total. The molecule has 2 bridgehead atoms. The van der Waals surface area contributed by atoms with E-state index in [9.17, 15) is 9.59 Å². The van der Waals surface area contributed by atoms with E-state index >= 15 is 0 Å². The zero-order valence-electron chi connectivity index (χ0n) is 6.40. The summed E-state index contributed by atoms with van der Waals surface area (Å²) in [5.41, 5.74) is -0.793. The number of carbonyl (C=O) groups is 2. The van der Waals surface area contributed by atoms with Crippen molar-refractivity contribution in [1.82, 2.24) is 0 Å². The lowest BCUT2D eigenvalue weighted by Crippen LogP contribution is -2.44. The fraction of sp³-hybridized carbons (Fsp3) is 0.750. The molecule has 0 heterocycles. The fourth-order valence-electron chi connectivity index (χ4n) is 2.55. The number of fused-ring (bicyclic) bond motifs is 1. The Morgan fingerprint density at radius 2 is 1.25 bits per heavy atom. The summed E-state index contributed by atoms with van der Waals surface area (Å²) in [4.78, 5) is 22.0. The lowest BCUT2D eigenvalue weighted by molar-refractivity contribution is -0.135. The van der Waals surface area contributed by atoms with E-state index in [2.05, 4.69) is 0 Å². The van der Waals surface area contributed by atoms with Crippen molar-refractivity contribution in [3.8, 4) is 0 Å². The highest BCUT2D eigenvalue weighted by molar-refractivity contribution is 6.66. The van der Waals surface area contributed by atoms with Gasteiger partial charge in [0, 0.05) is 10.8 Å². The molecule has 0 spiro atoms. The van der Waals surface area contributed by atoms with Crippen LogP contribution in [0.25, 0.3) is 0 Å². The first-order valence-electron chi connectivity index (χ1n) is 3.91. The van der Waals surface area contributed by atoms with E-state index < -0.39 is 10.8 Å². The second-order valence-corrected chi connectivity index (χ2v) is 4.65. The lowest BCUT2D eigenvalue weighted by atomic mass is 9.61. The third-order valence-electron chi connectivity index (χ3n) is 3.27. The SMILES string of the molecule is O=C(Cl)C12CCC(C(=O)Cl)(C1)C2. The standard InChI is InChI=1S/C8H8Cl2O2/c9-5(11)7-1-2-8(3-7,4-7)6(10)12/h1-4H2. The third-order valence-corrected chi connectivity index (χ3v) is 4.07. The summed E-state index contributed by atoms with van der Waals surface area (Å²) < 4.78 is 0.